The molecule has 0 aromatic carbocycles. The Morgan fingerprint density at radius 3 is 2.65 bits per heavy atom. The molecule has 0 spiro atoms. The maximum atomic E-state index is 6.05. The summed E-state index contributed by atoms with van der Waals surface area (Å²) in [5, 5.41) is 1.30. The molecule has 7 heteroatoms. The molecular formula is C16H17ClN4OS. The topological polar surface area (TPSA) is 77.8 Å². The zero-order chi connectivity index (χ0) is 16.7. The number of nitrogens with two attached hydrogens (primary N) is 1. The van der Waals surface area contributed by atoms with Crippen molar-refractivity contribution >= 4 is 41.0 Å². The fourth-order valence-electron chi connectivity index (χ4n) is 2.44. The Hall–Kier alpha value is -1.79. The number of hydrogen-bond donors (Lipinski definition) is 2. The molecule has 1 unspecified atom stereocenters. The number of thiol groups is 1. The summed E-state index contributed by atoms with van der Waals surface area (Å²) in [6, 6.07) is 2.01. The largest absolute Gasteiger partial charge is 0.462 e. The summed E-state index contributed by atoms with van der Waals surface area (Å²) in [7, 11) is 0. The lowest BCUT2D eigenvalue weighted by Crippen LogP contribution is -2.07. The number of halogens is 1. The number of pyridine rings is 1. The predicted octanol–water partition coefficient (Wildman–Crippen LogP) is 4.42. The van der Waals surface area contributed by atoms with E-state index < -0.39 is 0 Å². The first-order valence-corrected chi connectivity index (χ1v) is 8.10. The molecule has 0 fully saturated rings. The van der Waals surface area contributed by atoms with Crippen molar-refractivity contribution in [3.63, 3.8) is 0 Å². The van der Waals surface area contributed by atoms with Gasteiger partial charge in [0, 0.05) is 10.9 Å². The van der Waals surface area contributed by atoms with Crippen LogP contribution >= 0.6 is 24.2 Å². The quantitative estimate of drug-likeness (QED) is 0.541. The van der Waals surface area contributed by atoms with Crippen molar-refractivity contribution in [2.24, 2.45) is 0 Å². The van der Waals surface area contributed by atoms with Crippen molar-refractivity contribution in [1.29, 1.82) is 0 Å². The first-order valence-electron chi connectivity index (χ1n) is 7.27. The second-order valence-electron chi connectivity index (χ2n) is 5.78. The van der Waals surface area contributed by atoms with Gasteiger partial charge in [-0.1, -0.05) is 25.4 Å². The summed E-state index contributed by atoms with van der Waals surface area (Å²) in [5.74, 6) is 1.00. The van der Waals surface area contributed by atoms with Crippen molar-refractivity contribution in [1.82, 2.24) is 15.0 Å². The van der Waals surface area contributed by atoms with Gasteiger partial charge in [0.2, 0.25) is 0 Å². The van der Waals surface area contributed by atoms with E-state index in [1.165, 1.54) is 0 Å². The van der Waals surface area contributed by atoms with Gasteiger partial charge in [-0.2, -0.15) is 0 Å². The van der Waals surface area contributed by atoms with E-state index >= 15 is 0 Å². The molecule has 0 bridgehead atoms. The smallest absolute Gasteiger partial charge is 0.152 e. The lowest BCUT2D eigenvalue weighted by Gasteiger charge is -2.12. The van der Waals surface area contributed by atoms with Crippen LogP contribution in [0.15, 0.2) is 27.8 Å². The van der Waals surface area contributed by atoms with Crippen LogP contribution in [0, 0.1) is 0 Å². The van der Waals surface area contributed by atoms with Crippen molar-refractivity contribution in [2.75, 3.05) is 5.73 Å². The van der Waals surface area contributed by atoms with Crippen LogP contribution in [0.4, 0.5) is 5.82 Å². The van der Waals surface area contributed by atoms with Crippen LogP contribution in [0.1, 0.15) is 49.7 Å². The average Bonchev–Trinajstić information content (AvgIpc) is 2.94. The Morgan fingerprint density at radius 2 is 2.00 bits per heavy atom. The summed E-state index contributed by atoms with van der Waals surface area (Å²) in [4.78, 5) is 13.4. The zero-order valence-electron chi connectivity index (χ0n) is 13.0. The lowest BCUT2D eigenvalue weighted by atomic mass is 10.00. The SMILES string of the molecule is CC(C)c1coc2cnc(C(C)c3nc(N)c(S)c(Cl)n3)cc12. The van der Waals surface area contributed by atoms with Crippen LogP contribution in [0.2, 0.25) is 5.15 Å². The van der Waals surface area contributed by atoms with Gasteiger partial charge in [0.15, 0.2) is 5.58 Å². The molecule has 3 aromatic rings. The first-order chi connectivity index (χ1) is 10.9. The fourth-order valence-corrected chi connectivity index (χ4v) is 2.72. The van der Waals surface area contributed by atoms with Gasteiger partial charge < -0.3 is 10.2 Å². The maximum Gasteiger partial charge on any atom is 0.152 e. The monoisotopic (exact) mass is 348 g/mol. The summed E-state index contributed by atoms with van der Waals surface area (Å²) in [5.41, 5.74) is 8.59. The van der Waals surface area contributed by atoms with Crippen molar-refractivity contribution in [3.8, 4) is 0 Å². The minimum Gasteiger partial charge on any atom is -0.462 e. The number of nitrogens with zero attached hydrogens (tertiary/aromatic N) is 3. The van der Waals surface area contributed by atoms with Gasteiger partial charge in [0.25, 0.3) is 0 Å². The van der Waals surface area contributed by atoms with E-state index in [1.54, 1.807) is 12.5 Å². The minimum atomic E-state index is -0.150. The lowest BCUT2D eigenvalue weighted by molar-refractivity contribution is 0.604. The highest BCUT2D eigenvalue weighted by Gasteiger charge is 2.19. The molecular weight excluding hydrogens is 332 g/mol. The van der Waals surface area contributed by atoms with Crippen LogP contribution in [0.3, 0.4) is 0 Å². The average molecular weight is 349 g/mol. The Labute approximate surface area is 144 Å². The summed E-state index contributed by atoms with van der Waals surface area (Å²) in [6.07, 6.45) is 3.51. The second kappa shape index (κ2) is 6.02. The van der Waals surface area contributed by atoms with E-state index in [-0.39, 0.29) is 16.9 Å². The third-order valence-corrected chi connectivity index (χ3v) is 4.70. The van der Waals surface area contributed by atoms with Gasteiger partial charge in [0.05, 0.1) is 29.0 Å². The van der Waals surface area contributed by atoms with Crippen molar-refractivity contribution in [2.45, 2.75) is 37.5 Å². The molecule has 0 saturated heterocycles. The van der Waals surface area contributed by atoms with Gasteiger partial charge >= 0.3 is 0 Å². The van der Waals surface area contributed by atoms with E-state index in [0.29, 0.717) is 16.6 Å². The van der Waals surface area contributed by atoms with E-state index in [4.69, 9.17) is 21.8 Å². The van der Waals surface area contributed by atoms with Gasteiger partial charge in [-0.05, 0) is 18.9 Å². The normalized spacial score (nSPS) is 13.0. The van der Waals surface area contributed by atoms with Gasteiger partial charge in [-0.25, -0.2) is 9.97 Å². The predicted molar refractivity (Wildman–Crippen MR) is 94.3 cm³/mol. The second-order valence-corrected chi connectivity index (χ2v) is 6.58. The number of fused-ring (bicyclic) bond motifs is 1. The molecule has 5 nitrogen and oxygen atoms in total. The van der Waals surface area contributed by atoms with Gasteiger partial charge in [-0.3, -0.25) is 4.98 Å². The number of furan rings is 1. The summed E-state index contributed by atoms with van der Waals surface area (Å²) < 4.78 is 5.56. The summed E-state index contributed by atoms with van der Waals surface area (Å²) in [6.45, 7) is 6.22. The van der Waals surface area contributed by atoms with Crippen LogP contribution in [0.25, 0.3) is 11.0 Å². The standard InChI is InChI=1S/C16H17ClN4OS/c1-7(2)10-6-22-12-5-19-11(4-9(10)12)8(3)16-20-14(17)13(23)15(18)21-16/h4-8,23H,1-3H3,(H2,18,20,21). The molecule has 2 N–H and O–H groups in total. The van der Waals surface area contributed by atoms with E-state index in [1.807, 2.05) is 13.0 Å². The number of anilines is 1. The third kappa shape index (κ3) is 2.88. The molecule has 3 aromatic heterocycles. The van der Waals surface area contributed by atoms with Gasteiger partial charge in [-0.15, -0.1) is 12.6 Å². The molecule has 0 aliphatic rings. The first kappa shape index (κ1) is 16.1. The Balaban J connectivity index is 2.07. The molecule has 0 saturated carbocycles. The molecule has 0 amide bonds. The molecule has 1 atom stereocenters. The van der Waals surface area contributed by atoms with Crippen LogP contribution < -0.4 is 5.73 Å². The highest BCUT2D eigenvalue weighted by Crippen LogP contribution is 2.31. The van der Waals surface area contributed by atoms with Crippen LogP contribution in [-0.4, -0.2) is 15.0 Å². The number of rotatable bonds is 3. The highest BCUT2D eigenvalue weighted by molar-refractivity contribution is 7.80. The van der Waals surface area contributed by atoms with E-state index in [0.717, 1.165) is 22.2 Å². The Bertz CT molecular complexity index is 855. The van der Waals surface area contributed by atoms with Crippen molar-refractivity contribution in [3.05, 3.63) is 40.8 Å². The summed E-state index contributed by atoms with van der Waals surface area (Å²) >= 11 is 10.2. The van der Waals surface area contributed by atoms with Crippen molar-refractivity contribution < 1.29 is 4.42 Å². The minimum absolute atomic E-state index is 0.150. The molecule has 3 rings (SSSR count). The van der Waals surface area contributed by atoms with Gasteiger partial charge in [0.1, 0.15) is 16.8 Å². The van der Waals surface area contributed by atoms with Crippen LogP contribution in [0.5, 0.6) is 0 Å². The molecule has 0 aliphatic heterocycles. The van der Waals surface area contributed by atoms with Crippen LogP contribution in [-0.2, 0) is 0 Å². The van der Waals surface area contributed by atoms with E-state index in [2.05, 4.69) is 41.4 Å². The number of hydrogen-bond acceptors (Lipinski definition) is 6. The molecule has 23 heavy (non-hydrogen) atoms. The number of aromatic nitrogens is 3. The number of nitrogen functional groups attached to an aromatic ring is 1. The maximum absolute atomic E-state index is 6.05. The third-order valence-electron chi connectivity index (χ3n) is 3.85. The molecule has 3 heterocycles. The Morgan fingerprint density at radius 1 is 1.26 bits per heavy atom. The fraction of sp³-hybridized carbons (Fsp3) is 0.312. The molecule has 120 valence electrons. The molecule has 0 aliphatic carbocycles. The Kier molecular flexibility index (Phi) is 4.21. The molecule has 0 radical (unpaired) electrons. The highest BCUT2D eigenvalue weighted by atomic mass is 35.5. The zero-order valence-corrected chi connectivity index (χ0v) is 14.7. The van der Waals surface area contributed by atoms with E-state index in [9.17, 15) is 0 Å².